The van der Waals surface area contributed by atoms with Crippen LogP contribution in [0.2, 0.25) is 0 Å². The van der Waals surface area contributed by atoms with Gasteiger partial charge in [-0.15, -0.1) is 0 Å². The van der Waals surface area contributed by atoms with Gasteiger partial charge in [0.15, 0.2) is 0 Å². The van der Waals surface area contributed by atoms with Crippen molar-refractivity contribution in [2.24, 2.45) is 0 Å². The molecular formula is C20H25FN2O4S. The fraction of sp³-hybridized carbons (Fsp3) is 0.350. The Labute approximate surface area is 165 Å². The Morgan fingerprint density at radius 3 is 2.43 bits per heavy atom. The number of carbonyl (C=O) groups excluding carboxylic acids is 1. The molecule has 0 aliphatic carbocycles. The first kappa shape index (κ1) is 21.7. The summed E-state index contributed by atoms with van der Waals surface area (Å²) in [5.41, 5.74) is 0.910. The standard InChI is InChI=1S/C20H25FN2O4S/c1-14(2)27-19-10-5-7-16(11-19)13-22-20(24)15(3)23(28(4,25)26)18-9-6-8-17(21)12-18/h5-12,14-15H,13H2,1-4H3,(H,22,24)/t15-/m0/s1. The van der Waals surface area contributed by atoms with E-state index in [4.69, 9.17) is 4.74 Å². The first-order valence-electron chi connectivity index (χ1n) is 8.86. The van der Waals surface area contributed by atoms with E-state index in [1.807, 2.05) is 38.1 Å². The van der Waals surface area contributed by atoms with Gasteiger partial charge in [-0.1, -0.05) is 18.2 Å². The molecule has 0 heterocycles. The summed E-state index contributed by atoms with van der Waals surface area (Å²) in [5, 5.41) is 2.72. The summed E-state index contributed by atoms with van der Waals surface area (Å²) in [6, 6.07) is 11.4. The second-order valence-corrected chi connectivity index (χ2v) is 8.61. The number of anilines is 1. The van der Waals surface area contributed by atoms with Gasteiger partial charge < -0.3 is 10.1 Å². The normalized spacial score (nSPS) is 12.5. The highest BCUT2D eigenvalue weighted by Gasteiger charge is 2.29. The summed E-state index contributed by atoms with van der Waals surface area (Å²) in [4.78, 5) is 12.6. The van der Waals surface area contributed by atoms with E-state index in [-0.39, 0.29) is 18.3 Å². The number of amides is 1. The lowest BCUT2D eigenvalue weighted by Gasteiger charge is -2.28. The van der Waals surface area contributed by atoms with Gasteiger partial charge in [0.1, 0.15) is 17.6 Å². The van der Waals surface area contributed by atoms with Gasteiger partial charge in [-0.2, -0.15) is 0 Å². The van der Waals surface area contributed by atoms with Crippen LogP contribution in [-0.4, -0.2) is 32.7 Å². The third-order valence-electron chi connectivity index (χ3n) is 3.89. The van der Waals surface area contributed by atoms with Crippen LogP contribution in [0.5, 0.6) is 5.75 Å². The number of benzene rings is 2. The molecule has 152 valence electrons. The van der Waals surface area contributed by atoms with Crippen molar-refractivity contribution in [1.82, 2.24) is 5.32 Å². The zero-order chi connectivity index (χ0) is 20.9. The van der Waals surface area contributed by atoms with E-state index >= 15 is 0 Å². The van der Waals surface area contributed by atoms with E-state index in [0.717, 1.165) is 22.2 Å². The number of rotatable bonds is 8. The zero-order valence-corrected chi connectivity index (χ0v) is 17.2. The molecule has 1 amide bonds. The highest BCUT2D eigenvalue weighted by Crippen LogP contribution is 2.22. The number of sulfonamides is 1. The second kappa shape index (κ2) is 9.05. The Morgan fingerprint density at radius 2 is 1.82 bits per heavy atom. The topological polar surface area (TPSA) is 75.7 Å². The van der Waals surface area contributed by atoms with E-state index in [1.165, 1.54) is 25.1 Å². The first-order chi connectivity index (χ1) is 13.1. The molecule has 0 fully saturated rings. The number of carbonyl (C=O) groups is 1. The molecule has 0 aliphatic rings. The van der Waals surface area contributed by atoms with Crippen molar-refractivity contribution in [3.63, 3.8) is 0 Å². The largest absolute Gasteiger partial charge is 0.491 e. The van der Waals surface area contributed by atoms with Crippen LogP contribution in [-0.2, 0) is 21.4 Å². The molecule has 0 spiro atoms. The molecule has 0 bridgehead atoms. The molecule has 0 aliphatic heterocycles. The number of hydrogen-bond acceptors (Lipinski definition) is 4. The van der Waals surface area contributed by atoms with Crippen LogP contribution in [0.25, 0.3) is 0 Å². The fourth-order valence-corrected chi connectivity index (χ4v) is 3.93. The first-order valence-corrected chi connectivity index (χ1v) is 10.7. The number of nitrogens with zero attached hydrogens (tertiary/aromatic N) is 1. The van der Waals surface area contributed by atoms with Crippen molar-refractivity contribution < 1.29 is 22.3 Å². The van der Waals surface area contributed by atoms with Crippen molar-refractivity contribution in [1.29, 1.82) is 0 Å². The van der Waals surface area contributed by atoms with Crippen LogP contribution in [0.4, 0.5) is 10.1 Å². The van der Waals surface area contributed by atoms with Gasteiger partial charge in [0.05, 0.1) is 18.0 Å². The van der Waals surface area contributed by atoms with E-state index in [2.05, 4.69) is 5.32 Å². The smallest absolute Gasteiger partial charge is 0.243 e. The second-order valence-electron chi connectivity index (χ2n) is 6.75. The third-order valence-corrected chi connectivity index (χ3v) is 5.13. The van der Waals surface area contributed by atoms with E-state index in [0.29, 0.717) is 5.75 Å². The summed E-state index contributed by atoms with van der Waals surface area (Å²) >= 11 is 0. The zero-order valence-electron chi connectivity index (χ0n) is 16.3. The fourth-order valence-electron chi connectivity index (χ4n) is 2.76. The maximum atomic E-state index is 13.5. The van der Waals surface area contributed by atoms with Crippen molar-refractivity contribution in [3.05, 3.63) is 59.9 Å². The average molecular weight is 408 g/mol. The Hall–Kier alpha value is -2.61. The Bertz CT molecular complexity index is 931. The quantitative estimate of drug-likeness (QED) is 0.728. The lowest BCUT2D eigenvalue weighted by Crippen LogP contribution is -2.47. The van der Waals surface area contributed by atoms with Crippen molar-refractivity contribution in [2.45, 2.75) is 39.5 Å². The average Bonchev–Trinajstić information content (AvgIpc) is 2.58. The molecule has 1 N–H and O–H groups in total. The molecule has 2 aromatic carbocycles. The van der Waals surface area contributed by atoms with Gasteiger partial charge in [-0.05, 0) is 56.7 Å². The Morgan fingerprint density at radius 1 is 1.14 bits per heavy atom. The lowest BCUT2D eigenvalue weighted by molar-refractivity contribution is -0.122. The number of ether oxygens (including phenoxy) is 1. The van der Waals surface area contributed by atoms with Crippen LogP contribution >= 0.6 is 0 Å². The third kappa shape index (κ3) is 5.95. The molecular weight excluding hydrogens is 383 g/mol. The van der Waals surface area contributed by atoms with Crippen LogP contribution in [0.15, 0.2) is 48.5 Å². The minimum Gasteiger partial charge on any atom is -0.491 e. The van der Waals surface area contributed by atoms with Crippen molar-refractivity contribution >= 4 is 21.6 Å². The molecule has 1 atom stereocenters. The summed E-state index contributed by atoms with van der Waals surface area (Å²) in [7, 11) is -3.80. The molecule has 0 saturated heterocycles. The molecule has 6 nitrogen and oxygen atoms in total. The SMILES string of the molecule is CC(C)Oc1cccc(CNC(=O)[C@H](C)N(c2cccc(F)c2)S(C)(=O)=O)c1. The van der Waals surface area contributed by atoms with Gasteiger partial charge in [0, 0.05) is 6.54 Å². The monoisotopic (exact) mass is 408 g/mol. The molecule has 8 heteroatoms. The lowest BCUT2D eigenvalue weighted by atomic mass is 10.2. The number of halogens is 1. The molecule has 28 heavy (non-hydrogen) atoms. The maximum absolute atomic E-state index is 13.5. The highest BCUT2D eigenvalue weighted by molar-refractivity contribution is 7.92. The highest BCUT2D eigenvalue weighted by atomic mass is 32.2. The van der Waals surface area contributed by atoms with Gasteiger partial charge in [0.2, 0.25) is 15.9 Å². The summed E-state index contributed by atoms with van der Waals surface area (Å²) in [6.07, 6.45) is 1.01. The van der Waals surface area contributed by atoms with Gasteiger partial charge in [-0.3, -0.25) is 9.10 Å². The van der Waals surface area contributed by atoms with Gasteiger partial charge >= 0.3 is 0 Å². The molecule has 2 aromatic rings. The van der Waals surface area contributed by atoms with Gasteiger partial charge in [-0.25, -0.2) is 12.8 Å². The van der Waals surface area contributed by atoms with Crippen LogP contribution in [0, 0.1) is 5.82 Å². The van der Waals surface area contributed by atoms with Gasteiger partial charge in [0.25, 0.3) is 0 Å². The van der Waals surface area contributed by atoms with Crippen LogP contribution in [0.3, 0.4) is 0 Å². The predicted molar refractivity (Wildman–Crippen MR) is 107 cm³/mol. The summed E-state index contributed by atoms with van der Waals surface area (Å²) in [5.74, 6) is -0.391. The number of nitrogens with one attached hydrogen (secondary N) is 1. The Balaban J connectivity index is 2.13. The van der Waals surface area contributed by atoms with Crippen molar-refractivity contribution in [2.75, 3.05) is 10.6 Å². The molecule has 0 aromatic heterocycles. The molecule has 0 radical (unpaired) electrons. The number of hydrogen-bond donors (Lipinski definition) is 1. The minimum atomic E-state index is -3.80. The van der Waals surface area contributed by atoms with Crippen LogP contribution < -0.4 is 14.4 Å². The van der Waals surface area contributed by atoms with E-state index in [1.54, 1.807) is 0 Å². The predicted octanol–water partition coefficient (Wildman–Crippen LogP) is 3.08. The van der Waals surface area contributed by atoms with E-state index < -0.39 is 27.8 Å². The Kier molecular flexibility index (Phi) is 7.01. The van der Waals surface area contributed by atoms with Crippen LogP contribution in [0.1, 0.15) is 26.3 Å². The maximum Gasteiger partial charge on any atom is 0.243 e. The summed E-state index contributed by atoms with van der Waals surface area (Å²) < 4.78 is 44.5. The van der Waals surface area contributed by atoms with Crippen molar-refractivity contribution in [3.8, 4) is 5.75 Å². The molecule has 2 rings (SSSR count). The molecule has 0 unspecified atom stereocenters. The van der Waals surface area contributed by atoms with E-state index in [9.17, 15) is 17.6 Å². The summed E-state index contributed by atoms with van der Waals surface area (Å²) in [6.45, 7) is 5.50. The molecule has 0 saturated carbocycles. The minimum absolute atomic E-state index is 0.0273.